The van der Waals surface area contributed by atoms with Crippen LogP contribution in [0.2, 0.25) is 0 Å². The van der Waals surface area contributed by atoms with E-state index >= 15 is 0 Å². The van der Waals surface area contributed by atoms with Gasteiger partial charge in [0.05, 0.1) is 18.8 Å². The Morgan fingerprint density at radius 1 is 1.05 bits per heavy atom. The molecule has 0 bridgehead atoms. The van der Waals surface area contributed by atoms with E-state index in [4.69, 9.17) is 9.47 Å². The van der Waals surface area contributed by atoms with Crippen molar-refractivity contribution in [1.29, 1.82) is 0 Å². The fourth-order valence-corrected chi connectivity index (χ4v) is 1.65. The van der Waals surface area contributed by atoms with Crippen molar-refractivity contribution < 1.29 is 22.6 Å². The molecule has 0 radical (unpaired) electrons. The van der Waals surface area contributed by atoms with Crippen LogP contribution in [0.25, 0.3) is 0 Å². The average Bonchev–Trinajstić information content (AvgIpc) is 2.38. The molecule has 1 aromatic rings. The molecule has 1 rings (SSSR count). The number of hydrogen-bond acceptors (Lipinski definition) is 3. The molecule has 0 saturated heterocycles. The molecule has 0 aromatic heterocycles. The minimum absolute atomic E-state index is 0.444. The van der Waals surface area contributed by atoms with Crippen LogP contribution in [0.3, 0.4) is 0 Å². The Labute approximate surface area is 110 Å². The van der Waals surface area contributed by atoms with E-state index in [9.17, 15) is 13.2 Å². The minimum Gasteiger partial charge on any atom is -0.383 e. The fourth-order valence-electron chi connectivity index (χ4n) is 1.65. The van der Waals surface area contributed by atoms with Crippen LogP contribution in [0.1, 0.15) is 5.56 Å². The zero-order valence-corrected chi connectivity index (χ0v) is 11.0. The number of halogens is 3. The highest BCUT2D eigenvalue weighted by molar-refractivity contribution is 5.49. The number of nitrogens with zero attached hydrogens (tertiary/aromatic N) is 1. The van der Waals surface area contributed by atoms with E-state index in [1.54, 1.807) is 20.3 Å². The molecule has 0 aliphatic rings. The topological polar surface area (TPSA) is 21.7 Å². The van der Waals surface area contributed by atoms with Crippen molar-refractivity contribution in [2.75, 3.05) is 45.4 Å². The molecule has 3 nitrogen and oxygen atoms in total. The average molecular weight is 277 g/mol. The maximum absolute atomic E-state index is 12.7. The molecule has 0 aliphatic heterocycles. The third-order valence-electron chi connectivity index (χ3n) is 2.67. The van der Waals surface area contributed by atoms with Gasteiger partial charge in [-0.3, -0.25) is 0 Å². The number of methoxy groups -OCH3 is 2. The lowest BCUT2D eigenvalue weighted by Gasteiger charge is -2.25. The fraction of sp³-hybridized carbons (Fsp3) is 0.538. The lowest BCUT2D eigenvalue weighted by molar-refractivity contribution is -0.137. The lowest BCUT2D eigenvalue weighted by atomic mass is 10.2. The van der Waals surface area contributed by atoms with Gasteiger partial charge < -0.3 is 14.4 Å². The summed E-state index contributed by atoms with van der Waals surface area (Å²) in [6, 6.07) is 5.27. The quantitative estimate of drug-likeness (QED) is 0.765. The first-order valence-corrected chi connectivity index (χ1v) is 5.89. The number of rotatable bonds is 7. The van der Waals surface area contributed by atoms with E-state index in [2.05, 4.69) is 0 Å². The summed E-state index contributed by atoms with van der Waals surface area (Å²) in [5, 5.41) is 0. The number of anilines is 1. The van der Waals surface area contributed by atoms with Crippen LogP contribution >= 0.6 is 0 Å². The molecule has 0 amide bonds. The van der Waals surface area contributed by atoms with E-state index < -0.39 is 11.7 Å². The molecular formula is C13H18F3NO2. The van der Waals surface area contributed by atoms with Crippen LogP contribution in [0, 0.1) is 0 Å². The van der Waals surface area contributed by atoms with E-state index in [0.29, 0.717) is 32.0 Å². The van der Waals surface area contributed by atoms with E-state index in [0.717, 1.165) is 12.1 Å². The Morgan fingerprint density at radius 3 is 2.11 bits per heavy atom. The highest BCUT2D eigenvalue weighted by Gasteiger charge is 2.30. The van der Waals surface area contributed by atoms with Crippen molar-refractivity contribution in [2.24, 2.45) is 0 Å². The second-order valence-corrected chi connectivity index (χ2v) is 4.02. The van der Waals surface area contributed by atoms with Crippen LogP contribution in [-0.2, 0) is 15.7 Å². The summed E-state index contributed by atoms with van der Waals surface area (Å²) in [5.74, 6) is 0. The van der Waals surface area contributed by atoms with Gasteiger partial charge in [-0.1, -0.05) is 6.07 Å². The third-order valence-corrected chi connectivity index (χ3v) is 2.67. The van der Waals surface area contributed by atoms with Gasteiger partial charge in [0.1, 0.15) is 0 Å². The minimum atomic E-state index is -4.33. The van der Waals surface area contributed by atoms with Crippen LogP contribution in [0.15, 0.2) is 24.3 Å². The van der Waals surface area contributed by atoms with Crippen LogP contribution < -0.4 is 4.90 Å². The zero-order chi connectivity index (χ0) is 14.3. The summed E-state index contributed by atoms with van der Waals surface area (Å²) in [6.07, 6.45) is -4.33. The molecule has 0 unspecified atom stereocenters. The van der Waals surface area contributed by atoms with Crippen LogP contribution in [0.4, 0.5) is 18.9 Å². The Kier molecular flexibility index (Phi) is 6.11. The predicted molar refractivity (Wildman–Crippen MR) is 67.4 cm³/mol. The molecule has 0 N–H and O–H groups in total. The summed E-state index contributed by atoms with van der Waals surface area (Å²) in [5.41, 5.74) is -0.131. The zero-order valence-electron chi connectivity index (χ0n) is 11.0. The first-order chi connectivity index (χ1) is 8.99. The second-order valence-electron chi connectivity index (χ2n) is 4.02. The van der Waals surface area contributed by atoms with Gasteiger partial charge in [-0.15, -0.1) is 0 Å². The van der Waals surface area contributed by atoms with Gasteiger partial charge in [-0.2, -0.15) is 13.2 Å². The van der Waals surface area contributed by atoms with Gasteiger partial charge in [0.2, 0.25) is 0 Å². The van der Waals surface area contributed by atoms with Crippen LogP contribution in [-0.4, -0.2) is 40.5 Å². The highest BCUT2D eigenvalue weighted by Crippen LogP contribution is 2.31. The molecule has 19 heavy (non-hydrogen) atoms. The smallest absolute Gasteiger partial charge is 0.383 e. The summed E-state index contributed by atoms with van der Waals surface area (Å²) < 4.78 is 47.9. The maximum atomic E-state index is 12.7. The van der Waals surface area contributed by atoms with E-state index in [1.165, 1.54) is 6.07 Å². The van der Waals surface area contributed by atoms with Gasteiger partial charge in [0, 0.05) is 33.0 Å². The Hall–Kier alpha value is -1.27. The molecular weight excluding hydrogens is 259 g/mol. The van der Waals surface area contributed by atoms with E-state index in [1.807, 2.05) is 4.90 Å². The molecule has 0 aliphatic carbocycles. The molecule has 108 valence electrons. The highest BCUT2D eigenvalue weighted by atomic mass is 19.4. The van der Waals surface area contributed by atoms with Gasteiger partial charge in [-0.25, -0.2) is 0 Å². The van der Waals surface area contributed by atoms with Crippen molar-refractivity contribution >= 4 is 5.69 Å². The Bertz CT molecular complexity index is 374. The van der Waals surface area contributed by atoms with Gasteiger partial charge in [0.25, 0.3) is 0 Å². The molecule has 0 atom stereocenters. The summed E-state index contributed by atoms with van der Waals surface area (Å²) in [4.78, 5) is 1.81. The Morgan fingerprint density at radius 2 is 1.63 bits per heavy atom. The van der Waals surface area contributed by atoms with Crippen molar-refractivity contribution in [3.8, 4) is 0 Å². The standard InChI is InChI=1S/C13H18F3NO2/c1-18-8-6-17(7-9-19-2)12-5-3-4-11(10-12)13(14,15)16/h3-5,10H,6-9H2,1-2H3. The largest absolute Gasteiger partial charge is 0.416 e. The lowest BCUT2D eigenvalue weighted by Crippen LogP contribution is -2.30. The van der Waals surface area contributed by atoms with E-state index in [-0.39, 0.29) is 0 Å². The summed E-state index contributed by atoms with van der Waals surface area (Å²) >= 11 is 0. The molecule has 0 heterocycles. The van der Waals surface area contributed by atoms with Crippen molar-refractivity contribution in [1.82, 2.24) is 0 Å². The Balaban J connectivity index is 2.88. The maximum Gasteiger partial charge on any atom is 0.416 e. The predicted octanol–water partition coefficient (Wildman–Crippen LogP) is 2.80. The molecule has 0 saturated carbocycles. The first kappa shape index (κ1) is 15.8. The normalized spacial score (nSPS) is 11.6. The molecule has 6 heteroatoms. The molecule has 0 fully saturated rings. The van der Waals surface area contributed by atoms with Gasteiger partial charge in [0.15, 0.2) is 0 Å². The summed E-state index contributed by atoms with van der Waals surface area (Å²) in [7, 11) is 3.11. The first-order valence-electron chi connectivity index (χ1n) is 5.89. The van der Waals surface area contributed by atoms with Crippen molar-refractivity contribution in [2.45, 2.75) is 6.18 Å². The van der Waals surface area contributed by atoms with Crippen molar-refractivity contribution in [3.05, 3.63) is 29.8 Å². The second kappa shape index (κ2) is 7.35. The number of hydrogen-bond donors (Lipinski definition) is 0. The van der Waals surface area contributed by atoms with Gasteiger partial charge >= 0.3 is 6.18 Å². The third kappa shape index (κ3) is 5.08. The number of alkyl halides is 3. The van der Waals surface area contributed by atoms with Gasteiger partial charge in [-0.05, 0) is 18.2 Å². The van der Waals surface area contributed by atoms with Crippen LogP contribution in [0.5, 0.6) is 0 Å². The molecule has 0 spiro atoms. The number of ether oxygens (including phenoxy) is 2. The SMILES string of the molecule is COCCN(CCOC)c1cccc(C(F)(F)F)c1. The number of benzene rings is 1. The molecule has 1 aromatic carbocycles. The summed E-state index contributed by atoms with van der Waals surface area (Å²) in [6.45, 7) is 1.92. The monoisotopic (exact) mass is 277 g/mol. The van der Waals surface area contributed by atoms with Crippen molar-refractivity contribution in [3.63, 3.8) is 0 Å².